The average molecular weight is 406 g/mol. The molecule has 0 radical (unpaired) electrons. The highest BCUT2D eigenvalue weighted by atomic mass is 19.1. The van der Waals surface area contributed by atoms with E-state index in [0.717, 1.165) is 17.0 Å². The molecule has 8 heteroatoms. The lowest BCUT2D eigenvalue weighted by molar-refractivity contribution is -0.881. The van der Waals surface area contributed by atoms with Gasteiger partial charge in [0, 0.05) is 11.6 Å². The number of rotatable bonds is 9. The monoisotopic (exact) mass is 406 g/mol. The van der Waals surface area contributed by atoms with Crippen LogP contribution in [0.25, 0.3) is 0 Å². The van der Waals surface area contributed by atoms with E-state index in [2.05, 4.69) is 10.6 Å². The first-order valence-electron chi connectivity index (χ1n) is 9.34. The summed E-state index contributed by atoms with van der Waals surface area (Å²) in [7, 11) is 1.52. The Morgan fingerprint density at radius 3 is 2.45 bits per heavy atom. The van der Waals surface area contributed by atoms with E-state index in [0.29, 0.717) is 18.0 Å². The van der Waals surface area contributed by atoms with E-state index in [-0.39, 0.29) is 30.5 Å². The fourth-order valence-corrected chi connectivity index (χ4v) is 2.93. The molecule has 0 fully saturated rings. The second kappa shape index (κ2) is 10.5. The molecule has 0 bridgehead atoms. The third-order valence-corrected chi connectivity index (χ3v) is 4.51. The lowest BCUT2D eigenvalue weighted by atomic mass is 10.1. The van der Waals surface area contributed by atoms with E-state index in [1.54, 1.807) is 31.2 Å². The van der Waals surface area contributed by atoms with Crippen LogP contribution in [0.2, 0.25) is 0 Å². The number of amides is 2. The SMILES string of the molecule is CC[NH+](CC(=O)Nc1ccccc1OC)CC(=O)N[C@@H](C)c1ccc(F)cc1F. The number of benzene rings is 2. The molecule has 0 saturated heterocycles. The minimum atomic E-state index is -0.714. The van der Waals surface area contributed by atoms with Gasteiger partial charge < -0.3 is 20.3 Å². The largest absolute Gasteiger partial charge is 0.495 e. The van der Waals surface area contributed by atoms with Gasteiger partial charge in [-0.05, 0) is 32.0 Å². The molecule has 0 aromatic heterocycles. The fraction of sp³-hybridized carbons (Fsp3) is 0.333. The van der Waals surface area contributed by atoms with E-state index in [9.17, 15) is 18.4 Å². The minimum Gasteiger partial charge on any atom is -0.495 e. The Hall–Kier alpha value is -3.00. The van der Waals surface area contributed by atoms with Gasteiger partial charge in [0.05, 0.1) is 25.4 Å². The number of likely N-dealkylation sites (N-methyl/N-ethyl adjacent to an activating group) is 1. The molecule has 2 atom stereocenters. The summed E-state index contributed by atoms with van der Waals surface area (Å²) in [5, 5.41) is 5.47. The van der Waals surface area contributed by atoms with Crippen LogP contribution in [0.15, 0.2) is 42.5 Å². The van der Waals surface area contributed by atoms with Crippen LogP contribution in [0, 0.1) is 11.6 Å². The molecule has 2 amide bonds. The van der Waals surface area contributed by atoms with Crippen molar-refractivity contribution < 1.29 is 28.0 Å². The fourth-order valence-electron chi connectivity index (χ4n) is 2.93. The van der Waals surface area contributed by atoms with Crippen molar-refractivity contribution in [2.45, 2.75) is 19.9 Å². The van der Waals surface area contributed by atoms with E-state index in [4.69, 9.17) is 4.74 Å². The number of ether oxygens (including phenoxy) is 1. The molecule has 0 heterocycles. The standard InChI is InChI=1S/C21H25F2N3O3/c1-4-26(13-21(28)25-18-7-5-6-8-19(18)29-3)12-20(27)24-14(2)16-10-9-15(22)11-17(16)23/h5-11,14H,4,12-13H2,1-3H3,(H,24,27)(H,25,28)/p+1/t14-/m0/s1. The van der Waals surface area contributed by atoms with Gasteiger partial charge in [0.2, 0.25) is 0 Å². The average Bonchev–Trinajstić information content (AvgIpc) is 2.67. The van der Waals surface area contributed by atoms with Crippen molar-refractivity contribution in [1.29, 1.82) is 0 Å². The van der Waals surface area contributed by atoms with Gasteiger partial charge in [-0.3, -0.25) is 9.59 Å². The second-order valence-electron chi connectivity index (χ2n) is 6.66. The molecule has 156 valence electrons. The minimum absolute atomic E-state index is 0.0446. The lowest BCUT2D eigenvalue weighted by Crippen LogP contribution is -3.14. The van der Waals surface area contributed by atoms with Gasteiger partial charge in [0.15, 0.2) is 13.1 Å². The van der Waals surface area contributed by atoms with E-state index >= 15 is 0 Å². The van der Waals surface area contributed by atoms with Crippen LogP contribution in [0.5, 0.6) is 5.75 Å². The molecule has 2 aromatic carbocycles. The van der Waals surface area contributed by atoms with Crippen LogP contribution in [-0.4, -0.2) is 38.6 Å². The molecule has 0 spiro atoms. The third kappa shape index (κ3) is 6.53. The molecule has 2 rings (SSSR count). The topological polar surface area (TPSA) is 71.9 Å². The lowest BCUT2D eigenvalue weighted by Gasteiger charge is -2.20. The molecule has 3 N–H and O–H groups in total. The molecular formula is C21H26F2N3O3+. The molecular weight excluding hydrogens is 380 g/mol. The maximum atomic E-state index is 13.9. The second-order valence-corrected chi connectivity index (χ2v) is 6.66. The maximum absolute atomic E-state index is 13.9. The number of anilines is 1. The van der Waals surface area contributed by atoms with Crippen LogP contribution in [-0.2, 0) is 9.59 Å². The first-order chi connectivity index (χ1) is 13.8. The molecule has 0 aliphatic rings. The van der Waals surface area contributed by atoms with Crippen LogP contribution in [0.3, 0.4) is 0 Å². The highest BCUT2D eigenvalue weighted by Gasteiger charge is 2.20. The number of nitrogens with one attached hydrogen (secondary N) is 3. The van der Waals surface area contributed by atoms with E-state index < -0.39 is 17.7 Å². The number of quaternary nitrogens is 1. The predicted octanol–water partition coefficient (Wildman–Crippen LogP) is 1.69. The highest BCUT2D eigenvalue weighted by molar-refractivity contribution is 5.93. The Kier molecular flexibility index (Phi) is 8.09. The van der Waals surface area contributed by atoms with E-state index in [1.165, 1.54) is 13.2 Å². The number of hydrogen-bond donors (Lipinski definition) is 3. The molecule has 0 aliphatic heterocycles. The van der Waals surface area contributed by atoms with Crippen molar-refractivity contribution >= 4 is 17.5 Å². The van der Waals surface area contributed by atoms with Crippen molar-refractivity contribution in [3.05, 3.63) is 59.7 Å². The molecule has 0 saturated carbocycles. The molecule has 6 nitrogen and oxygen atoms in total. The number of para-hydroxylation sites is 2. The van der Waals surface area contributed by atoms with Crippen LogP contribution in [0.4, 0.5) is 14.5 Å². The van der Waals surface area contributed by atoms with Gasteiger partial charge >= 0.3 is 0 Å². The summed E-state index contributed by atoms with van der Waals surface area (Å²) in [6.45, 7) is 4.16. The Balaban J connectivity index is 1.91. The van der Waals surface area contributed by atoms with Gasteiger partial charge in [0.1, 0.15) is 17.4 Å². The summed E-state index contributed by atoms with van der Waals surface area (Å²) in [6.07, 6.45) is 0. The first-order valence-corrected chi connectivity index (χ1v) is 9.34. The Morgan fingerprint density at radius 2 is 1.79 bits per heavy atom. The number of carbonyl (C=O) groups excluding carboxylic acids is 2. The summed E-state index contributed by atoms with van der Waals surface area (Å²) in [4.78, 5) is 25.4. The Labute approximate surface area is 168 Å². The zero-order chi connectivity index (χ0) is 21.4. The number of hydrogen-bond acceptors (Lipinski definition) is 3. The van der Waals surface area contributed by atoms with Gasteiger partial charge in [-0.2, -0.15) is 0 Å². The van der Waals surface area contributed by atoms with Gasteiger partial charge in [0.25, 0.3) is 11.8 Å². The Morgan fingerprint density at radius 1 is 1.10 bits per heavy atom. The predicted molar refractivity (Wildman–Crippen MR) is 106 cm³/mol. The Bertz CT molecular complexity index is 861. The van der Waals surface area contributed by atoms with Crippen LogP contribution < -0.4 is 20.3 Å². The highest BCUT2D eigenvalue weighted by Crippen LogP contribution is 2.22. The summed E-state index contributed by atoms with van der Waals surface area (Å²) < 4.78 is 32.1. The first kappa shape index (κ1) is 22.3. The van der Waals surface area contributed by atoms with Crippen LogP contribution >= 0.6 is 0 Å². The third-order valence-electron chi connectivity index (χ3n) is 4.51. The summed E-state index contributed by atoms with van der Waals surface area (Å²) in [6, 6.07) is 9.66. The van der Waals surface area contributed by atoms with E-state index in [1.807, 2.05) is 6.92 Å². The number of carbonyl (C=O) groups is 2. The molecule has 29 heavy (non-hydrogen) atoms. The van der Waals surface area contributed by atoms with Crippen molar-refractivity contribution in [3.8, 4) is 5.75 Å². The zero-order valence-corrected chi connectivity index (χ0v) is 16.7. The van der Waals surface area contributed by atoms with Crippen molar-refractivity contribution in [2.75, 3.05) is 32.1 Å². The van der Waals surface area contributed by atoms with Crippen molar-refractivity contribution in [2.24, 2.45) is 0 Å². The van der Waals surface area contributed by atoms with Gasteiger partial charge in [-0.1, -0.05) is 18.2 Å². The zero-order valence-electron chi connectivity index (χ0n) is 16.7. The molecule has 1 unspecified atom stereocenters. The molecule has 2 aromatic rings. The summed E-state index contributed by atoms with van der Waals surface area (Å²) >= 11 is 0. The normalized spacial score (nSPS) is 12.7. The number of methoxy groups -OCH3 is 1. The van der Waals surface area contributed by atoms with Gasteiger partial charge in [-0.25, -0.2) is 8.78 Å². The summed E-state index contributed by atoms with van der Waals surface area (Å²) in [5.74, 6) is -1.42. The van der Waals surface area contributed by atoms with Gasteiger partial charge in [-0.15, -0.1) is 0 Å². The number of halogens is 2. The summed E-state index contributed by atoms with van der Waals surface area (Å²) in [5.41, 5.74) is 0.757. The van der Waals surface area contributed by atoms with Crippen molar-refractivity contribution in [1.82, 2.24) is 5.32 Å². The van der Waals surface area contributed by atoms with Crippen LogP contribution in [0.1, 0.15) is 25.5 Å². The quantitative estimate of drug-likeness (QED) is 0.594. The smallest absolute Gasteiger partial charge is 0.279 e. The van der Waals surface area contributed by atoms with Crippen molar-refractivity contribution in [3.63, 3.8) is 0 Å². The maximum Gasteiger partial charge on any atom is 0.279 e. The molecule has 0 aliphatic carbocycles.